The van der Waals surface area contributed by atoms with Gasteiger partial charge in [-0.25, -0.2) is 0 Å². The number of aromatic nitrogens is 2. The van der Waals surface area contributed by atoms with Gasteiger partial charge in [0.25, 0.3) is 5.91 Å². The Morgan fingerprint density at radius 3 is 2.50 bits per heavy atom. The lowest BCUT2D eigenvalue weighted by Gasteiger charge is -2.31. The van der Waals surface area contributed by atoms with Crippen molar-refractivity contribution >= 4 is 5.91 Å². The van der Waals surface area contributed by atoms with Crippen LogP contribution in [0.2, 0.25) is 0 Å². The zero-order chi connectivity index (χ0) is 22.8. The van der Waals surface area contributed by atoms with Gasteiger partial charge in [-0.05, 0) is 37.3 Å². The molecule has 0 radical (unpaired) electrons. The standard InChI is InChI=1S/C24H28F3N3O2/c25-24(26,27)18-8-6-7-17(15-18)23(12-4-5-13-23)16-30-14-11-20(31)21(29-30)22(32)28-19-9-2-1-3-10-19/h6-8,11,14-15,19H,1-5,9-10,12-13,16H2,(H,28,32). The maximum Gasteiger partial charge on any atom is 0.416 e. The average Bonchev–Trinajstić information content (AvgIpc) is 3.25. The average molecular weight is 448 g/mol. The molecule has 0 spiro atoms. The van der Waals surface area contributed by atoms with E-state index in [0.717, 1.165) is 63.9 Å². The fraction of sp³-hybridized carbons (Fsp3) is 0.542. The van der Waals surface area contributed by atoms with Crippen LogP contribution in [-0.4, -0.2) is 21.7 Å². The van der Waals surface area contributed by atoms with Crippen molar-refractivity contribution in [3.8, 4) is 0 Å². The summed E-state index contributed by atoms with van der Waals surface area (Å²) in [5.41, 5.74) is -1.16. The normalized spacial score (nSPS) is 19.1. The molecule has 0 atom stereocenters. The second kappa shape index (κ2) is 9.08. The van der Waals surface area contributed by atoms with Gasteiger partial charge in [-0.3, -0.25) is 14.3 Å². The lowest BCUT2D eigenvalue weighted by molar-refractivity contribution is -0.137. The lowest BCUT2D eigenvalue weighted by atomic mass is 9.78. The molecule has 0 unspecified atom stereocenters. The molecule has 8 heteroatoms. The molecular formula is C24H28F3N3O2. The third-order valence-electron chi connectivity index (χ3n) is 6.84. The lowest BCUT2D eigenvalue weighted by Crippen LogP contribution is -2.40. The summed E-state index contributed by atoms with van der Waals surface area (Å²) in [6, 6.07) is 6.86. The first-order valence-electron chi connectivity index (χ1n) is 11.3. The zero-order valence-electron chi connectivity index (χ0n) is 18.0. The quantitative estimate of drug-likeness (QED) is 0.714. The molecule has 1 heterocycles. The molecular weight excluding hydrogens is 419 g/mol. The number of alkyl halides is 3. The summed E-state index contributed by atoms with van der Waals surface area (Å²) in [5, 5.41) is 7.24. The predicted octanol–water partition coefficient (Wildman–Crippen LogP) is 4.84. The van der Waals surface area contributed by atoms with E-state index in [1.165, 1.54) is 24.4 Å². The third-order valence-corrected chi connectivity index (χ3v) is 6.84. The monoisotopic (exact) mass is 447 g/mol. The molecule has 2 aliphatic rings. The molecule has 1 aromatic carbocycles. The molecule has 1 N–H and O–H groups in total. The van der Waals surface area contributed by atoms with E-state index in [4.69, 9.17) is 0 Å². The number of hydrogen-bond donors (Lipinski definition) is 1. The van der Waals surface area contributed by atoms with Gasteiger partial charge < -0.3 is 5.32 Å². The highest BCUT2D eigenvalue weighted by Crippen LogP contribution is 2.43. The molecule has 0 saturated heterocycles. The van der Waals surface area contributed by atoms with Gasteiger partial charge >= 0.3 is 6.18 Å². The molecule has 2 aliphatic carbocycles. The van der Waals surface area contributed by atoms with E-state index in [-0.39, 0.29) is 11.7 Å². The number of benzene rings is 1. The van der Waals surface area contributed by atoms with Gasteiger partial charge in [-0.1, -0.05) is 50.3 Å². The van der Waals surface area contributed by atoms with Gasteiger partial charge in [-0.2, -0.15) is 18.3 Å². The van der Waals surface area contributed by atoms with Crippen molar-refractivity contribution in [3.05, 3.63) is 63.6 Å². The second-order valence-electron chi connectivity index (χ2n) is 9.10. The van der Waals surface area contributed by atoms with Crippen molar-refractivity contribution in [3.63, 3.8) is 0 Å². The van der Waals surface area contributed by atoms with E-state index in [2.05, 4.69) is 10.4 Å². The van der Waals surface area contributed by atoms with Gasteiger partial charge in [0.2, 0.25) is 5.43 Å². The van der Waals surface area contributed by atoms with E-state index >= 15 is 0 Å². The molecule has 172 valence electrons. The van der Waals surface area contributed by atoms with Crippen LogP contribution in [-0.2, 0) is 18.1 Å². The Balaban J connectivity index is 1.60. The molecule has 0 aliphatic heterocycles. The van der Waals surface area contributed by atoms with Crippen molar-refractivity contribution in [1.29, 1.82) is 0 Å². The van der Waals surface area contributed by atoms with E-state index in [9.17, 15) is 22.8 Å². The Labute approximate surface area is 185 Å². The van der Waals surface area contributed by atoms with Crippen molar-refractivity contribution in [2.45, 2.75) is 82.0 Å². The van der Waals surface area contributed by atoms with Gasteiger partial charge in [0, 0.05) is 23.7 Å². The second-order valence-corrected chi connectivity index (χ2v) is 9.10. The minimum atomic E-state index is -4.41. The summed E-state index contributed by atoms with van der Waals surface area (Å²) in [5.74, 6) is -0.476. The van der Waals surface area contributed by atoms with Crippen LogP contribution in [0.4, 0.5) is 13.2 Å². The van der Waals surface area contributed by atoms with Crippen molar-refractivity contribution in [2.75, 3.05) is 0 Å². The molecule has 4 rings (SSSR count). The summed E-state index contributed by atoms with van der Waals surface area (Å²) < 4.78 is 41.4. The van der Waals surface area contributed by atoms with Crippen LogP contribution in [0.25, 0.3) is 0 Å². The molecule has 2 aromatic rings. The number of amides is 1. The summed E-state index contributed by atoms with van der Waals surface area (Å²) in [7, 11) is 0. The van der Waals surface area contributed by atoms with Gasteiger partial charge in [0.1, 0.15) is 0 Å². The number of rotatable bonds is 5. The molecule has 32 heavy (non-hydrogen) atoms. The van der Waals surface area contributed by atoms with Gasteiger partial charge in [0.15, 0.2) is 5.69 Å². The Morgan fingerprint density at radius 1 is 1.09 bits per heavy atom. The highest BCUT2D eigenvalue weighted by atomic mass is 19.4. The smallest absolute Gasteiger partial charge is 0.348 e. The number of carbonyl (C=O) groups is 1. The summed E-state index contributed by atoms with van der Waals surface area (Å²) in [6.07, 6.45) is 5.43. The van der Waals surface area contributed by atoms with Gasteiger partial charge in [0.05, 0.1) is 12.1 Å². The summed E-state index contributed by atoms with van der Waals surface area (Å²) >= 11 is 0. The van der Waals surface area contributed by atoms with Gasteiger partial charge in [-0.15, -0.1) is 0 Å². The number of carbonyl (C=O) groups excluding carboxylic acids is 1. The number of halogens is 3. The van der Waals surface area contributed by atoms with Crippen LogP contribution in [0.3, 0.4) is 0 Å². The van der Waals surface area contributed by atoms with Crippen molar-refractivity contribution < 1.29 is 18.0 Å². The first-order chi connectivity index (χ1) is 15.3. The minimum absolute atomic E-state index is 0.0531. The Hall–Kier alpha value is -2.64. The predicted molar refractivity (Wildman–Crippen MR) is 114 cm³/mol. The maximum absolute atomic E-state index is 13.3. The first kappa shape index (κ1) is 22.6. The molecule has 1 aromatic heterocycles. The fourth-order valence-corrected chi connectivity index (χ4v) is 5.12. The fourth-order valence-electron chi connectivity index (χ4n) is 5.12. The summed E-state index contributed by atoms with van der Waals surface area (Å²) in [6.45, 7) is 0.318. The van der Waals surface area contributed by atoms with E-state index in [0.29, 0.717) is 12.1 Å². The van der Waals surface area contributed by atoms with Crippen LogP contribution < -0.4 is 10.7 Å². The third kappa shape index (κ3) is 4.89. The highest BCUT2D eigenvalue weighted by molar-refractivity contribution is 5.92. The van der Waals surface area contributed by atoms with E-state index in [1.807, 2.05) is 0 Å². The summed E-state index contributed by atoms with van der Waals surface area (Å²) in [4.78, 5) is 25.1. The van der Waals surface area contributed by atoms with Crippen LogP contribution >= 0.6 is 0 Å². The van der Waals surface area contributed by atoms with E-state index < -0.39 is 28.5 Å². The van der Waals surface area contributed by atoms with Crippen LogP contribution in [0.5, 0.6) is 0 Å². The zero-order valence-corrected chi connectivity index (χ0v) is 18.0. The van der Waals surface area contributed by atoms with Crippen molar-refractivity contribution in [2.24, 2.45) is 0 Å². The molecule has 0 bridgehead atoms. The van der Waals surface area contributed by atoms with Crippen LogP contribution in [0.15, 0.2) is 41.3 Å². The van der Waals surface area contributed by atoms with Crippen molar-refractivity contribution in [1.82, 2.24) is 15.1 Å². The molecule has 2 saturated carbocycles. The molecule has 5 nitrogen and oxygen atoms in total. The Kier molecular flexibility index (Phi) is 6.40. The molecule has 2 fully saturated rings. The molecule has 1 amide bonds. The maximum atomic E-state index is 13.3. The highest BCUT2D eigenvalue weighted by Gasteiger charge is 2.38. The SMILES string of the molecule is O=C(NC1CCCCC1)c1nn(CC2(c3cccc(C(F)(F)F)c3)CCCC2)ccc1=O. The minimum Gasteiger partial charge on any atom is -0.348 e. The number of hydrogen-bond acceptors (Lipinski definition) is 3. The van der Waals surface area contributed by atoms with Crippen LogP contribution in [0.1, 0.15) is 79.4 Å². The Morgan fingerprint density at radius 2 is 1.81 bits per heavy atom. The number of nitrogens with one attached hydrogen (secondary N) is 1. The number of nitrogens with zero attached hydrogens (tertiary/aromatic N) is 2. The van der Waals surface area contributed by atoms with Crippen LogP contribution in [0, 0.1) is 0 Å². The Bertz CT molecular complexity index is 1020. The topological polar surface area (TPSA) is 64.0 Å². The van der Waals surface area contributed by atoms with E-state index in [1.54, 1.807) is 10.7 Å². The first-order valence-corrected chi connectivity index (χ1v) is 11.3. The largest absolute Gasteiger partial charge is 0.416 e.